The maximum Gasteiger partial charge on any atom is 0.0392 e. The van der Waals surface area contributed by atoms with Gasteiger partial charge in [0.15, 0.2) is 0 Å². The minimum absolute atomic E-state index is 0.780. The Morgan fingerprint density at radius 2 is 1.05 bits per heavy atom. The summed E-state index contributed by atoms with van der Waals surface area (Å²) in [5, 5.41) is 0. The van der Waals surface area contributed by atoms with Crippen molar-refractivity contribution in [1.82, 2.24) is 0 Å². The molecule has 2 nitrogen and oxygen atoms in total. The molecule has 4 N–H and O–H groups in total. The lowest BCUT2D eigenvalue weighted by Gasteiger charge is -2.12. The molecule has 0 aromatic heterocycles. The van der Waals surface area contributed by atoms with E-state index in [0.29, 0.717) is 0 Å². The van der Waals surface area contributed by atoms with Crippen molar-refractivity contribution < 1.29 is 0 Å². The monoisotopic (exact) mass is 350 g/mol. The second kappa shape index (κ2) is 21.6. The molecule has 0 aliphatic carbocycles. The van der Waals surface area contributed by atoms with Crippen LogP contribution in [0.25, 0.3) is 0 Å². The van der Waals surface area contributed by atoms with E-state index < -0.39 is 0 Å². The average molecular weight is 351 g/mol. The Hall–Kier alpha value is 0.620. The Labute approximate surface area is 149 Å². The van der Waals surface area contributed by atoms with Crippen LogP contribution in [0.4, 0.5) is 0 Å². The van der Waals surface area contributed by atoms with Crippen LogP contribution in [0.2, 0.25) is 0 Å². The Balaban J connectivity index is 0. The highest BCUT2D eigenvalue weighted by atomic mass is 32.2. The third-order valence-electron chi connectivity index (χ3n) is 4.03. The Kier molecular flexibility index (Phi) is 24.4. The fraction of sp³-hybridized carbons (Fsp3) is 1.00. The predicted octanol–water partition coefficient (Wildman–Crippen LogP) is 5.70. The van der Waals surface area contributed by atoms with Crippen LogP contribution >= 0.6 is 23.5 Å². The van der Waals surface area contributed by atoms with Gasteiger partial charge in [-0.25, -0.2) is 0 Å². The van der Waals surface area contributed by atoms with Gasteiger partial charge in [-0.05, 0) is 36.2 Å². The number of nitrogens with two attached hydrogens (primary N) is 2. The van der Waals surface area contributed by atoms with E-state index in [4.69, 9.17) is 11.5 Å². The first-order valence-electron chi connectivity index (χ1n) is 9.25. The summed E-state index contributed by atoms with van der Waals surface area (Å²) in [4.78, 5) is 0. The summed E-state index contributed by atoms with van der Waals surface area (Å²) < 4.78 is 0. The molecule has 0 saturated heterocycles. The molecule has 0 fully saturated rings. The van der Waals surface area contributed by atoms with Gasteiger partial charge in [-0.15, -0.1) is 23.5 Å². The molecular weight excluding hydrogens is 308 g/mol. The smallest absolute Gasteiger partial charge is 0.0392 e. The number of hydrogen-bond acceptors (Lipinski definition) is 4. The molecule has 0 radical (unpaired) electrons. The first-order chi connectivity index (χ1) is 10.7. The zero-order valence-electron chi connectivity index (χ0n) is 15.6. The van der Waals surface area contributed by atoms with Gasteiger partial charge in [0, 0.05) is 11.8 Å². The number of hydrogen-bond donors (Lipinski definition) is 2. The molecule has 0 aromatic carbocycles. The SMILES string of the molecule is CCCCC(CC)CSCN.CCCCC(CC)CSCN. The summed E-state index contributed by atoms with van der Waals surface area (Å²) in [7, 11) is 0. The zero-order chi connectivity index (χ0) is 17.1. The third kappa shape index (κ3) is 18.7. The normalized spacial score (nSPS) is 13.4. The van der Waals surface area contributed by atoms with E-state index in [1.54, 1.807) is 0 Å². The van der Waals surface area contributed by atoms with Gasteiger partial charge >= 0.3 is 0 Å². The number of thioether (sulfide) groups is 2. The van der Waals surface area contributed by atoms with Gasteiger partial charge in [-0.1, -0.05) is 66.2 Å². The maximum absolute atomic E-state index is 5.42. The van der Waals surface area contributed by atoms with Gasteiger partial charge in [0.1, 0.15) is 0 Å². The minimum Gasteiger partial charge on any atom is -0.322 e. The summed E-state index contributed by atoms with van der Waals surface area (Å²) in [6, 6.07) is 0. The molecule has 0 aromatic rings. The first kappa shape index (κ1) is 24.9. The topological polar surface area (TPSA) is 52.0 Å². The molecule has 2 atom stereocenters. The highest BCUT2D eigenvalue weighted by Crippen LogP contribution is 2.17. The lowest BCUT2D eigenvalue weighted by atomic mass is 10.0. The van der Waals surface area contributed by atoms with E-state index in [2.05, 4.69) is 27.7 Å². The van der Waals surface area contributed by atoms with Crippen molar-refractivity contribution >= 4 is 23.5 Å². The van der Waals surface area contributed by atoms with Gasteiger partial charge in [0.2, 0.25) is 0 Å². The standard InChI is InChI=1S/2C9H21NS/c2*1-3-5-6-9(4-2)7-11-8-10/h2*9H,3-8,10H2,1-2H3. The van der Waals surface area contributed by atoms with E-state index in [9.17, 15) is 0 Å². The van der Waals surface area contributed by atoms with Crippen molar-refractivity contribution in [3.63, 3.8) is 0 Å². The predicted molar refractivity (Wildman–Crippen MR) is 110 cm³/mol. The molecule has 2 unspecified atom stereocenters. The van der Waals surface area contributed by atoms with Crippen LogP contribution in [0.5, 0.6) is 0 Å². The second-order valence-electron chi connectivity index (χ2n) is 5.91. The minimum atomic E-state index is 0.780. The van der Waals surface area contributed by atoms with Crippen molar-refractivity contribution in [2.45, 2.75) is 79.1 Å². The Morgan fingerprint density at radius 1 is 0.682 bits per heavy atom. The van der Waals surface area contributed by atoms with Gasteiger partial charge in [0.25, 0.3) is 0 Å². The Morgan fingerprint density at radius 3 is 1.27 bits per heavy atom. The van der Waals surface area contributed by atoms with E-state index in [-0.39, 0.29) is 0 Å². The molecule has 0 spiro atoms. The lowest BCUT2D eigenvalue weighted by molar-refractivity contribution is 0.499. The molecule has 0 bridgehead atoms. The molecule has 0 heterocycles. The summed E-state index contributed by atoms with van der Waals surface area (Å²) in [6.07, 6.45) is 10.8. The highest BCUT2D eigenvalue weighted by Gasteiger charge is 2.04. The molecule has 0 aliphatic rings. The summed E-state index contributed by atoms with van der Waals surface area (Å²) in [5.41, 5.74) is 10.8. The summed E-state index contributed by atoms with van der Waals surface area (Å²) >= 11 is 3.74. The highest BCUT2D eigenvalue weighted by molar-refractivity contribution is 7.99. The molecular formula is C18H42N2S2. The fourth-order valence-corrected chi connectivity index (χ4v) is 4.01. The molecule has 136 valence electrons. The van der Waals surface area contributed by atoms with Crippen LogP contribution < -0.4 is 11.5 Å². The van der Waals surface area contributed by atoms with Crippen LogP contribution in [0, 0.1) is 11.8 Å². The quantitative estimate of drug-likeness (QED) is 0.394. The van der Waals surface area contributed by atoms with Crippen molar-refractivity contribution in [3.8, 4) is 0 Å². The molecule has 0 rings (SSSR count). The van der Waals surface area contributed by atoms with Crippen molar-refractivity contribution in [2.75, 3.05) is 23.3 Å². The van der Waals surface area contributed by atoms with Crippen molar-refractivity contribution in [3.05, 3.63) is 0 Å². The van der Waals surface area contributed by atoms with Gasteiger partial charge in [0.05, 0.1) is 0 Å². The fourth-order valence-electron chi connectivity index (χ4n) is 2.27. The molecule has 0 aliphatic heterocycles. The van der Waals surface area contributed by atoms with Gasteiger partial charge in [-0.2, -0.15) is 0 Å². The summed E-state index contributed by atoms with van der Waals surface area (Å²) in [6.45, 7) is 9.06. The van der Waals surface area contributed by atoms with E-state index in [0.717, 1.165) is 23.6 Å². The maximum atomic E-state index is 5.42. The van der Waals surface area contributed by atoms with E-state index in [1.165, 1.54) is 62.9 Å². The average Bonchev–Trinajstić information content (AvgIpc) is 2.56. The van der Waals surface area contributed by atoms with Crippen LogP contribution in [-0.4, -0.2) is 23.3 Å². The first-order valence-corrected chi connectivity index (χ1v) is 11.6. The third-order valence-corrected chi connectivity index (χ3v) is 5.91. The number of rotatable bonds is 14. The molecule has 22 heavy (non-hydrogen) atoms. The van der Waals surface area contributed by atoms with Gasteiger partial charge in [-0.3, -0.25) is 0 Å². The molecule has 4 heteroatoms. The molecule has 0 amide bonds. The van der Waals surface area contributed by atoms with Crippen molar-refractivity contribution in [1.29, 1.82) is 0 Å². The van der Waals surface area contributed by atoms with Crippen molar-refractivity contribution in [2.24, 2.45) is 23.3 Å². The van der Waals surface area contributed by atoms with Crippen LogP contribution in [0.3, 0.4) is 0 Å². The zero-order valence-corrected chi connectivity index (χ0v) is 17.2. The van der Waals surface area contributed by atoms with E-state index in [1.807, 2.05) is 23.5 Å². The van der Waals surface area contributed by atoms with Gasteiger partial charge < -0.3 is 11.5 Å². The summed E-state index contributed by atoms with van der Waals surface area (Å²) in [5.74, 6) is 5.89. The Bertz CT molecular complexity index is 156. The number of unbranched alkanes of at least 4 members (excludes halogenated alkanes) is 2. The molecule has 0 saturated carbocycles. The largest absolute Gasteiger partial charge is 0.322 e. The second-order valence-corrected chi connectivity index (χ2v) is 8.06. The lowest BCUT2D eigenvalue weighted by Crippen LogP contribution is -2.05. The van der Waals surface area contributed by atoms with Crippen LogP contribution in [0.1, 0.15) is 79.1 Å². The van der Waals surface area contributed by atoms with Crippen LogP contribution in [-0.2, 0) is 0 Å². The van der Waals surface area contributed by atoms with E-state index >= 15 is 0 Å². The van der Waals surface area contributed by atoms with Crippen LogP contribution in [0.15, 0.2) is 0 Å².